The number of fused-ring (bicyclic) bond motifs is 2. The number of para-hydroxylation sites is 2. The molecule has 4 nitrogen and oxygen atoms in total. The largest absolute Gasteiger partial charge is 0.361 e. The highest BCUT2D eigenvalue weighted by Crippen LogP contribution is 2.37. The zero-order valence-corrected chi connectivity index (χ0v) is 15.2. The number of hydrogen-bond donors (Lipinski definition) is 2. The van der Waals surface area contributed by atoms with Gasteiger partial charge in [-0.2, -0.15) is 0 Å². The van der Waals surface area contributed by atoms with E-state index in [0.717, 1.165) is 13.1 Å². The third-order valence-corrected chi connectivity index (χ3v) is 5.95. The predicted octanol–water partition coefficient (Wildman–Crippen LogP) is 4.31. The molecule has 0 amide bonds. The molecule has 2 N–H and O–H groups in total. The second kappa shape index (κ2) is 6.01. The molecule has 1 unspecified atom stereocenters. The van der Waals surface area contributed by atoms with E-state index in [2.05, 4.69) is 94.8 Å². The van der Waals surface area contributed by atoms with E-state index in [-0.39, 0.29) is 0 Å². The monoisotopic (exact) mass is 344 g/mol. The van der Waals surface area contributed by atoms with Crippen molar-refractivity contribution in [1.29, 1.82) is 0 Å². The first-order valence-corrected chi connectivity index (χ1v) is 9.25. The van der Waals surface area contributed by atoms with Gasteiger partial charge in [0.1, 0.15) is 0 Å². The number of aromatic amines is 2. The lowest BCUT2D eigenvalue weighted by atomic mass is 9.96. The van der Waals surface area contributed by atoms with Crippen molar-refractivity contribution in [2.75, 3.05) is 27.2 Å². The number of piperazine rings is 1. The van der Waals surface area contributed by atoms with Crippen molar-refractivity contribution in [1.82, 2.24) is 19.8 Å². The fourth-order valence-corrected chi connectivity index (χ4v) is 4.49. The zero-order valence-electron chi connectivity index (χ0n) is 15.2. The highest BCUT2D eigenvalue weighted by molar-refractivity contribution is 5.84. The van der Waals surface area contributed by atoms with Crippen LogP contribution in [0.5, 0.6) is 0 Å². The number of hydrogen-bond acceptors (Lipinski definition) is 2. The molecule has 26 heavy (non-hydrogen) atoms. The van der Waals surface area contributed by atoms with Crippen LogP contribution in [0.15, 0.2) is 60.9 Å². The van der Waals surface area contributed by atoms with E-state index in [0.29, 0.717) is 12.1 Å². The van der Waals surface area contributed by atoms with E-state index < -0.39 is 0 Å². The Kier molecular flexibility index (Phi) is 3.62. The number of nitrogens with one attached hydrogen (secondary N) is 2. The van der Waals surface area contributed by atoms with Crippen molar-refractivity contribution in [3.8, 4) is 0 Å². The Hall–Kier alpha value is -2.56. The van der Waals surface area contributed by atoms with E-state index in [4.69, 9.17) is 0 Å². The molecular weight excluding hydrogens is 320 g/mol. The average Bonchev–Trinajstić information content (AvgIpc) is 3.27. The van der Waals surface area contributed by atoms with Crippen molar-refractivity contribution in [2.24, 2.45) is 0 Å². The van der Waals surface area contributed by atoms with Crippen molar-refractivity contribution in [2.45, 2.75) is 12.1 Å². The van der Waals surface area contributed by atoms with E-state index in [1.165, 1.54) is 32.9 Å². The summed E-state index contributed by atoms with van der Waals surface area (Å²) >= 11 is 0. The number of rotatable bonds is 2. The van der Waals surface area contributed by atoms with Gasteiger partial charge in [0.25, 0.3) is 0 Å². The standard InChI is InChI=1S/C22H24N4/c1-25-13-22(18-12-24-20-10-6-4-8-16(18)20)26(2)14-21(25)17-11-23-19-9-5-3-7-15(17)19/h3-12,21-24H,13-14H2,1-2H3/t21-,22?/m0/s1. The molecule has 3 heterocycles. The van der Waals surface area contributed by atoms with Crippen LogP contribution >= 0.6 is 0 Å². The van der Waals surface area contributed by atoms with Gasteiger partial charge in [0.05, 0.1) is 0 Å². The van der Waals surface area contributed by atoms with Gasteiger partial charge in [0, 0.05) is 59.4 Å². The van der Waals surface area contributed by atoms with Crippen LogP contribution in [0.2, 0.25) is 0 Å². The minimum absolute atomic E-state index is 0.401. The smallest absolute Gasteiger partial charge is 0.0494 e. The molecular formula is C22H24N4. The fraction of sp³-hybridized carbons (Fsp3) is 0.273. The lowest BCUT2D eigenvalue weighted by molar-refractivity contribution is 0.0636. The summed E-state index contributed by atoms with van der Waals surface area (Å²) in [4.78, 5) is 11.9. The van der Waals surface area contributed by atoms with Gasteiger partial charge in [-0.3, -0.25) is 9.80 Å². The van der Waals surface area contributed by atoms with Crippen LogP contribution in [0.3, 0.4) is 0 Å². The summed E-state index contributed by atoms with van der Waals surface area (Å²) < 4.78 is 0. The summed E-state index contributed by atoms with van der Waals surface area (Å²) in [6.45, 7) is 2.03. The first-order chi connectivity index (χ1) is 12.7. The van der Waals surface area contributed by atoms with Crippen LogP contribution in [-0.2, 0) is 0 Å². The Balaban J connectivity index is 1.48. The maximum atomic E-state index is 3.43. The molecule has 1 aliphatic rings. The first-order valence-electron chi connectivity index (χ1n) is 9.25. The molecule has 1 fully saturated rings. The van der Waals surface area contributed by atoms with E-state index in [9.17, 15) is 0 Å². The van der Waals surface area contributed by atoms with Gasteiger partial charge in [0.2, 0.25) is 0 Å². The van der Waals surface area contributed by atoms with E-state index >= 15 is 0 Å². The van der Waals surface area contributed by atoms with Gasteiger partial charge in [-0.1, -0.05) is 36.4 Å². The first kappa shape index (κ1) is 15.7. The summed E-state index contributed by atoms with van der Waals surface area (Å²) in [5.41, 5.74) is 5.23. The van der Waals surface area contributed by atoms with Crippen LogP contribution in [0.4, 0.5) is 0 Å². The summed E-state index contributed by atoms with van der Waals surface area (Å²) in [5.74, 6) is 0. The van der Waals surface area contributed by atoms with Crippen molar-refractivity contribution in [3.63, 3.8) is 0 Å². The summed E-state index contributed by atoms with van der Waals surface area (Å²) in [7, 11) is 4.50. The topological polar surface area (TPSA) is 38.1 Å². The summed E-state index contributed by atoms with van der Waals surface area (Å²) in [6, 6.07) is 18.0. The van der Waals surface area contributed by atoms with Crippen molar-refractivity contribution >= 4 is 21.8 Å². The number of nitrogens with zero attached hydrogens (tertiary/aromatic N) is 2. The number of benzene rings is 2. The van der Waals surface area contributed by atoms with Gasteiger partial charge in [-0.25, -0.2) is 0 Å². The normalized spacial score (nSPS) is 22.4. The molecule has 5 rings (SSSR count). The molecule has 0 spiro atoms. The summed E-state index contributed by atoms with van der Waals surface area (Å²) in [6.07, 6.45) is 4.37. The molecule has 4 heteroatoms. The highest BCUT2D eigenvalue weighted by atomic mass is 15.3. The second-order valence-corrected chi connectivity index (χ2v) is 7.49. The molecule has 132 valence electrons. The Morgan fingerprint density at radius 3 is 1.58 bits per heavy atom. The minimum Gasteiger partial charge on any atom is -0.361 e. The van der Waals surface area contributed by atoms with E-state index in [1.54, 1.807) is 0 Å². The zero-order chi connectivity index (χ0) is 17.7. The molecule has 0 aliphatic carbocycles. The maximum Gasteiger partial charge on any atom is 0.0494 e. The van der Waals surface area contributed by atoms with Gasteiger partial charge >= 0.3 is 0 Å². The third-order valence-electron chi connectivity index (χ3n) is 5.95. The molecule has 0 radical (unpaired) electrons. The fourth-order valence-electron chi connectivity index (χ4n) is 4.49. The van der Waals surface area contributed by atoms with Gasteiger partial charge < -0.3 is 9.97 Å². The van der Waals surface area contributed by atoms with Crippen molar-refractivity contribution < 1.29 is 0 Å². The van der Waals surface area contributed by atoms with Gasteiger partial charge in [-0.15, -0.1) is 0 Å². The van der Waals surface area contributed by atoms with Gasteiger partial charge in [0.15, 0.2) is 0 Å². The Labute approximate surface area is 153 Å². The predicted molar refractivity (Wildman–Crippen MR) is 107 cm³/mol. The van der Waals surface area contributed by atoms with Crippen LogP contribution in [0.25, 0.3) is 21.8 Å². The molecule has 1 aliphatic heterocycles. The highest BCUT2D eigenvalue weighted by Gasteiger charge is 2.33. The van der Waals surface area contributed by atoms with Crippen LogP contribution in [-0.4, -0.2) is 47.0 Å². The molecule has 4 aromatic rings. The Morgan fingerprint density at radius 2 is 1.12 bits per heavy atom. The average molecular weight is 344 g/mol. The Morgan fingerprint density at radius 1 is 0.692 bits per heavy atom. The quantitative estimate of drug-likeness (QED) is 0.569. The van der Waals surface area contributed by atoms with Gasteiger partial charge in [-0.05, 0) is 37.4 Å². The maximum absolute atomic E-state index is 3.43. The third kappa shape index (κ3) is 2.37. The van der Waals surface area contributed by atoms with Crippen LogP contribution in [0.1, 0.15) is 23.2 Å². The lowest BCUT2D eigenvalue weighted by Gasteiger charge is -2.43. The molecule has 0 bridgehead atoms. The number of likely N-dealkylation sites (N-methyl/N-ethyl adjacent to an activating group) is 2. The second-order valence-electron chi connectivity index (χ2n) is 7.49. The molecule has 2 aromatic heterocycles. The Bertz CT molecular complexity index is 974. The van der Waals surface area contributed by atoms with E-state index in [1.807, 2.05) is 0 Å². The van der Waals surface area contributed by atoms with Crippen molar-refractivity contribution in [3.05, 3.63) is 72.1 Å². The SMILES string of the molecule is CN1C[C@@H](c2c[nH]c3ccccc23)N(C)CC1c1c[nH]c2ccccc12. The lowest BCUT2D eigenvalue weighted by Crippen LogP contribution is -2.46. The minimum atomic E-state index is 0.401. The molecule has 2 atom stereocenters. The molecule has 0 saturated carbocycles. The number of H-pyrrole nitrogens is 2. The van der Waals surface area contributed by atoms with Crippen LogP contribution < -0.4 is 0 Å². The molecule has 1 saturated heterocycles. The number of aromatic nitrogens is 2. The van der Waals surface area contributed by atoms with Crippen LogP contribution in [0, 0.1) is 0 Å². The summed E-state index contributed by atoms with van der Waals surface area (Å²) in [5, 5.41) is 2.67. The molecule has 2 aromatic carbocycles.